The molecule has 2 unspecified atom stereocenters. The van der Waals surface area contributed by atoms with Crippen molar-refractivity contribution in [2.45, 2.75) is 38.7 Å². The molecule has 0 aromatic carbocycles. The van der Waals surface area contributed by atoms with Gasteiger partial charge in [0.05, 0.1) is 5.60 Å². The van der Waals surface area contributed by atoms with Crippen molar-refractivity contribution in [3.8, 4) is 0 Å². The summed E-state index contributed by atoms with van der Waals surface area (Å²) >= 11 is 0. The highest BCUT2D eigenvalue weighted by molar-refractivity contribution is 5.76. The van der Waals surface area contributed by atoms with Gasteiger partial charge in [-0.25, -0.2) is 0 Å². The second-order valence-corrected chi connectivity index (χ2v) is 4.72. The molecule has 2 atom stereocenters. The smallest absolute Gasteiger partial charge is 0.220 e. The molecule has 88 valence electrons. The Bertz CT molecular complexity index is 213. The maximum atomic E-state index is 11.5. The predicted octanol–water partition coefficient (Wildman–Crippen LogP) is 0.657. The summed E-state index contributed by atoms with van der Waals surface area (Å²) < 4.78 is 5.58. The van der Waals surface area contributed by atoms with Crippen LogP contribution < -0.4 is 11.1 Å². The lowest BCUT2D eigenvalue weighted by molar-refractivity contribution is -0.123. The van der Waals surface area contributed by atoms with E-state index >= 15 is 0 Å². The Morgan fingerprint density at radius 1 is 1.67 bits per heavy atom. The van der Waals surface area contributed by atoms with Crippen molar-refractivity contribution in [3.63, 3.8) is 0 Å². The molecular weight excluding hydrogens is 192 g/mol. The van der Waals surface area contributed by atoms with Crippen LogP contribution >= 0.6 is 0 Å². The van der Waals surface area contributed by atoms with E-state index in [2.05, 4.69) is 5.32 Å². The molecule has 0 saturated carbocycles. The third kappa shape index (κ3) is 4.18. The van der Waals surface area contributed by atoms with Gasteiger partial charge in [0.15, 0.2) is 0 Å². The van der Waals surface area contributed by atoms with Gasteiger partial charge < -0.3 is 15.8 Å². The molecule has 1 fully saturated rings. The summed E-state index contributed by atoms with van der Waals surface area (Å²) in [7, 11) is 0. The summed E-state index contributed by atoms with van der Waals surface area (Å²) in [6.07, 6.45) is 2.62. The van der Waals surface area contributed by atoms with E-state index in [0.29, 0.717) is 19.5 Å². The van der Waals surface area contributed by atoms with Crippen LogP contribution in [0.5, 0.6) is 0 Å². The molecular formula is C11H22N2O2. The van der Waals surface area contributed by atoms with Crippen LogP contribution in [0.15, 0.2) is 0 Å². The number of carbonyl (C=O) groups is 1. The molecule has 1 aliphatic heterocycles. The minimum absolute atomic E-state index is 0.0738. The van der Waals surface area contributed by atoms with Gasteiger partial charge in [-0.1, -0.05) is 6.92 Å². The molecule has 1 saturated heterocycles. The van der Waals surface area contributed by atoms with Crippen molar-refractivity contribution < 1.29 is 9.53 Å². The largest absolute Gasteiger partial charge is 0.373 e. The Balaban J connectivity index is 2.21. The van der Waals surface area contributed by atoms with Crippen molar-refractivity contribution in [2.75, 3.05) is 19.7 Å². The highest BCUT2D eigenvalue weighted by atomic mass is 16.5. The first-order valence-corrected chi connectivity index (χ1v) is 5.66. The van der Waals surface area contributed by atoms with Crippen LogP contribution in [0.2, 0.25) is 0 Å². The Kier molecular flexibility index (Phi) is 4.54. The minimum atomic E-state index is -0.151. The van der Waals surface area contributed by atoms with E-state index in [0.717, 1.165) is 19.4 Å². The van der Waals surface area contributed by atoms with Gasteiger partial charge in [0.1, 0.15) is 0 Å². The van der Waals surface area contributed by atoms with E-state index < -0.39 is 0 Å². The summed E-state index contributed by atoms with van der Waals surface area (Å²) in [4.78, 5) is 11.5. The molecule has 1 rings (SSSR count). The van der Waals surface area contributed by atoms with Crippen LogP contribution in [0.3, 0.4) is 0 Å². The Morgan fingerprint density at radius 3 is 2.93 bits per heavy atom. The Morgan fingerprint density at radius 2 is 2.40 bits per heavy atom. The lowest BCUT2D eigenvalue weighted by atomic mass is 10.0. The van der Waals surface area contributed by atoms with Crippen LogP contribution in [-0.4, -0.2) is 31.2 Å². The third-order valence-corrected chi connectivity index (χ3v) is 2.90. The minimum Gasteiger partial charge on any atom is -0.373 e. The van der Waals surface area contributed by atoms with E-state index in [-0.39, 0.29) is 17.4 Å². The summed E-state index contributed by atoms with van der Waals surface area (Å²) in [5.74, 6) is 0.326. The van der Waals surface area contributed by atoms with Gasteiger partial charge in [-0.15, -0.1) is 0 Å². The van der Waals surface area contributed by atoms with E-state index in [9.17, 15) is 4.79 Å². The molecule has 4 nitrogen and oxygen atoms in total. The van der Waals surface area contributed by atoms with Gasteiger partial charge in [0, 0.05) is 19.6 Å². The first kappa shape index (κ1) is 12.5. The van der Waals surface area contributed by atoms with Crippen LogP contribution in [0.1, 0.15) is 33.1 Å². The van der Waals surface area contributed by atoms with Crippen molar-refractivity contribution in [2.24, 2.45) is 11.7 Å². The molecule has 3 N–H and O–H groups in total. The quantitative estimate of drug-likeness (QED) is 0.706. The Hall–Kier alpha value is -0.610. The second-order valence-electron chi connectivity index (χ2n) is 4.72. The van der Waals surface area contributed by atoms with Gasteiger partial charge in [-0.3, -0.25) is 4.79 Å². The van der Waals surface area contributed by atoms with E-state index in [1.807, 2.05) is 13.8 Å². The molecule has 0 aromatic heterocycles. The van der Waals surface area contributed by atoms with Crippen molar-refractivity contribution >= 4 is 5.91 Å². The summed E-state index contributed by atoms with van der Waals surface area (Å²) in [5, 5.41) is 2.91. The van der Waals surface area contributed by atoms with Crippen molar-refractivity contribution in [1.29, 1.82) is 0 Å². The molecule has 1 heterocycles. The van der Waals surface area contributed by atoms with Crippen LogP contribution in [0.4, 0.5) is 0 Å². The highest BCUT2D eigenvalue weighted by Gasteiger charge is 2.29. The molecule has 1 aliphatic rings. The predicted molar refractivity (Wildman–Crippen MR) is 59.4 cm³/mol. The summed E-state index contributed by atoms with van der Waals surface area (Å²) in [6.45, 7) is 6.01. The number of hydrogen-bond donors (Lipinski definition) is 2. The lowest BCUT2D eigenvalue weighted by Crippen LogP contribution is -2.40. The number of ether oxygens (including phenoxy) is 1. The lowest BCUT2D eigenvalue weighted by Gasteiger charge is -2.23. The molecule has 4 heteroatoms. The van der Waals surface area contributed by atoms with Gasteiger partial charge in [0.25, 0.3) is 0 Å². The summed E-state index contributed by atoms with van der Waals surface area (Å²) in [5.41, 5.74) is 5.31. The maximum Gasteiger partial charge on any atom is 0.220 e. The molecule has 0 aromatic rings. The highest BCUT2D eigenvalue weighted by Crippen LogP contribution is 2.23. The average Bonchev–Trinajstić information content (AvgIpc) is 2.63. The van der Waals surface area contributed by atoms with Crippen molar-refractivity contribution in [3.05, 3.63) is 0 Å². The molecule has 15 heavy (non-hydrogen) atoms. The first-order chi connectivity index (χ1) is 7.06. The maximum absolute atomic E-state index is 11.5. The van der Waals surface area contributed by atoms with Crippen LogP contribution in [0, 0.1) is 5.92 Å². The number of nitrogens with two attached hydrogens (primary N) is 1. The zero-order valence-corrected chi connectivity index (χ0v) is 9.71. The van der Waals surface area contributed by atoms with Gasteiger partial charge in [-0.2, -0.15) is 0 Å². The molecule has 0 bridgehead atoms. The van der Waals surface area contributed by atoms with E-state index in [4.69, 9.17) is 10.5 Å². The van der Waals surface area contributed by atoms with Gasteiger partial charge in [-0.05, 0) is 32.2 Å². The summed E-state index contributed by atoms with van der Waals surface area (Å²) in [6, 6.07) is 0. The normalized spacial score (nSPS) is 27.7. The SMILES string of the molecule is CC(CN)CC(=O)NCC1(C)CCCO1. The van der Waals surface area contributed by atoms with Gasteiger partial charge >= 0.3 is 0 Å². The van der Waals surface area contributed by atoms with E-state index in [1.54, 1.807) is 0 Å². The number of rotatable bonds is 5. The molecule has 1 amide bonds. The molecule has 0 spiro atoms. The van der Waals surface area contributed by atoms with Crippen LogP contribution in [0.25, 0.3) is 0 Å². The number of nitrogens with one attached hydrogen (secondary N) is 1. The van der Waals surface area contributed by atoms with Crippen LogP contribution in [-0.2, 0) is 9.53 Å². The molecule has 0 radical (unpaired) electrons. The number of carbonyl (C=O) groups excluding carboxylic acids is 1. The average molecular weight is 214 g/mol. The van der Waals surface area contributed by atoms with E-state index in [1.165, 1.54) is 0 Å². The second kappa shape index (κ2) is 5.47. The molecule has 0 aliphatic carbocycles. The number of amides is 1. The zero-order chi connectivity index (χ0) is 11.3. The fourth-order valence-electron chi connectivity index (χ4n) is 1.73. The van der Waals surface area contributed by atoms with Gasteiger partial charge in [0.2, 0.25) is 5.91 Å². The third-order valence-electron chi connectivity index (χ3n) is 2.90. The monoisotopic (exact) mass is 214 g/mol. The zero-order valence-electron chi connectivity index (χ0n) is 9.71. The number of hydrogen-bond acceptors (Lipinski definition) is 3. The topological polar surface area (TPSA) is 64.4 Å². The Labute approximate surface area is 91.5 Å². The fourth-order valence-corrected chi connectivity index (χ4v) is 1.73. The fraction of sp³-hybridized carbons (Fsp3) is 0.909. The first-order valence-electron chi connectivity index (χ1n) is 5.66. The standard InChI is InChI=1S/C11H22N2O2/c1-9(7-12)6-10(14)13-8-11(2)4-3-5-15-11/h9H,3-8,12H2,1-2H3,(H,13,14). The van der Waals surface area contributed by atoms with Crippen molar-refractivity contribution in [1.82, 2.24) is 5.32 Å².